The van der Waals surface area contributed by atoms with Crippen LogP contribution < -0.4 is 14.4 Å². The number of fused-ring (bicyclic) bond motifs is 1. The monoisotopic (exact) mass is 437 g/mol. The van der Waals surface area contributed by atoms with Crippen molar-refractivity contribution in [1.82, 2.24) is 9.88 Å². The SMILES string of the molecule is O=C(c1ccc2c(c1)OCCO2)C1CCN(C(=O)c2ccc(N3CCOCC3)nc2)CC1. The second-order valence-electron chi connectivity index (χ2n) is 8.29. The Balaban J connectivity index is 1.18. The number of hydrogen-bond acceptors (Lipinski definition) is 7. The molecule has 8 heteroatoms. The van der Waals surface area contributed by atoms with Crippen LogP contribution in [0.3, 0.4) is 0 Å². The molecule has 0 N–H and O–H groups in total. The van der Waals surface area contributed by atoms with Gasteiger partial charge in [-0.3, -0.25) is 9.59 Å². The molecule has 0 unspecified atom stereocenters. The highest BCUT2D eigenvalue weighted by Crippen LogP contribution is 2.32. The molecule has 1 aromatic heterocycles. The Kier molecular flexibility index (Phi) is 5.94. The van der Waals surface area contributed by atoms with Crippen LogP contribution in [-0.2, 0) is 4.74 Å². The summed E-state index contributed by atoms with van der Waals surface area (Å²) in [7, 11) is 0. The maximum absolute atomic E-state index is 13.0. The molecule has 32 heavy (non-hydrogen) atoms. The Bertz CT molecular complexity index is 980. The number of rotatable bonds is 4. The smallest absolute Gasteiger partial charge is 0.255 e. The highest BCUT2D eigenvalue weighted by Gasteiger charge is 2.29. The predicted octanol–water partition coefficient (Wildman–Crippen LogP) is 2.42. The third kappa shape index (κ3) is 4.27. The van der Waals surface area contributed by atoms with Gasteiger partial charge < -0.3 is 24.0 Å². The quantitative estimate of drug-likeness (QED) is 0.680. The molecule has 4 heterocycles. The number of anilines is 1. The molecule has 2 saturated heterocycles. The average Bonchev–Trinajstić information content (AvgIpc) is 2.88. The van der Waals surface area contributed by atoms with E-state index in [1.165, 1.54) is 0 Å². The first-order chi connectivity index (χ1) is 15.7. The summed E-state index contributed by atoms with van der Waals surface area (Å²) in [5, 5.41) is 0. The van der Waals surface area contributed by atoms with E-state index < -0.39 is 0 Å². The summed E-state index contributed by atoms with van der Waals surface area (Å²) in [6, 6.07) is 9.11. The molecule has 1 amide bonds. The average molecular weight is 437 g/mol. The number of carbonyl (C=O) groups excluding carboxylic acids is 2. The number of pyridine rings is 1. The molecular weight excluding hydrogens is 410 g/mol. The number of morpholine rings is 1. The number of Topliss-reactive ketones (excluding diaryl/α,β-unsaturated/α-hetero) is 1. The number of piperidine rings is 1. The van der Waals surface area contributed by atoms with E-state index in [9.17, 15) is 9.59 Å². The molecule has 0 bridgehead atoms. The van der Waals surface area contributed by atoms with Gasteiger partial charge in [0, 0.05) is 43.9 Å². The molecule has 0 atom stereocenters. The summed E-state index contributed by atoms with van der Waals surface area (Å²) in [5.74, 6) is 2.16. The minimum absolute atomic E-state index is 0.0312. The summed E-state index contributed by atoms with van der Waals surface area (Å²) in [4.78, 5) is 34.4. The molecular formula is C24H27N3O5. The summed E-state index contributed by atoms with van der Waals surface area (Å²) in [5.41, 5.74) is 1.22. The van der Waals surface area contributed by atoms with E-state index >= 15 is 0 Å². The Hall–Kier alpha value is -3.13. The molecule has 0 radical (unpaired) electrons. The normalized spacial score (nSPS) is 19.0. The fourth-order valence-electron chi connectivity index (χ4n) is 4.45. The Morgan fingerprint density at radius 1 is 0.844 bits per heavy atom. The number of aromatic nitrogens is 1. The van der Waals surface area contributed by atoms with Gasteiger partial charge in [-0.15, -0.1) is 0 Å². The van der Waals surface area contributed by atoms with Gasteiger partial charge in [0.25, 0.3) is 5.91 Å². The molecule has 1 aromatic carbocycles. The van der Waals surface area contributed by atoms with Crippen LogP contribution in [0.5, 0.6) is 11.5 Å². The molecule has 0 aliphatic carbocycles. The fourth-order valence-corrected chi connectivity index (χ4v) is 4.45. The molecule has 3 aliphatic rings. The zero-order valence-electron chi connectivity index (χ0n) is 18.0. The first kappa shape index (κ1) is 20.8. The van der Waals surface area contributed by atoms with Crippen LogP contribution in [0, 0.1) is 5.92 Å². The van der Waals surface area contributed by atoms with Crippen molar-refractivity contribution in [2.24, 2.45) is 5.92 Å². The van der Waals surface area contributed by atoms with Crippen molar-refractivity contribution >= 4 is 17.5 Å². The second kappa shape index (κ2) is 9.16. The van der Waals surface area contributed by atoms with Crippen LogP contribution in [-0.4, -0.2) is 74.2 Å². The van der Waals surface area contributed by atoms with E-state index in [1.807, 2.05) is 17.0 Å². The molecule has 2 fully saturated rings. The van der Waals surface area contributed by atoms with E-state index in [0.29, 0.717) is 75.0 Å². The highest BCUT2D eigenvalue weighted by atomic mass is 16.6. The van der Waals surface area contributed by atoms with Crippen molar-refractivity contribution < 1.29 is 23.8 Å². The predicted molar refractivity (Wildman–Crippen MR) is 118 cm³/mol. The van der Waals surface area contributed by atoms with Gasteiger partial charge in [-0.05, 0) is 43.2 Å². The number of ether oxygens (including phenoxy) is 3. The molecule has 168 valence electrons. The summed E-state index contributed by atoms with van der Waals surface area (Å²) >= 11 is 0. The van der Waals surface area contributed by atoms with Crippen LogP contribution in [0.15, 0.2) is 36.5 Å². The maximum atomic E-state index is 13.0. The minimum atomic E-state index is -0.0940. The third-order valence-electron chi connectivity index (χ3n) is 6.31. The van der Waals surface area contributed by atoms with E-state index in [-0.39, 0.29) is 17.6 Å². The molecule has 0 spiro atoms. The lowest BCUT2D eigenvalue weighted by molar-refractivity contribution is 0.0649. The number of hydrogen-bond donors (Lipinski definition) is 0. The van der Waals surface area contributed by atoms with Gasteiger partial charge in [-0.25, -0.2) is 4.98 Å². The number of benzene rings is 1. The van der Waals surface area contributed by atoms with Gasteiger partial charge in [-0.1, -0.05) is 0 Å². The van der Waals surface area contributed by atoms with E-state index in [0.717, 1.165) is 18.9 Å². The molecule has 0 saturated carbocycles. The van der Waals surface area contributed by atoms with Crippen LogP contribution >= 0.6 is 0 Å². The van der Waals surface area contributed by atoms with Gasteiger partial charge >= 0.3 is 0 Å². The lowest BCUT2D eigenvalue weighted by Crippen LogP contribution is -2.40. The van der Waals surface area contributed by atoms with E-state index in [4.69, 9.17) is 14.2 Å². The van der Waals surface area contributed by atoms with Crippen molar-refractivity contribution in [3.63, 3.8) is 0 Å². The lowest BCUT2D eigenvalue weighted by Gasteiger charge is -2.32. The van der Waals surface area contributed by atoms with Crippen LogP contribution in [0.1, 0.15) is 33.6 Å². The summed E-state index contributed by atoms with van der Waals surface area (Å²) in [6.45, 7) is 5.16. The van der Waals surface area contributed by atoms with Crippen LogP contribution in [0.2, 0.25) is 0 Å². The summed E-state index contributed by atoms with van der Waals surface area (Å²) < 4.78 is 16.5. The molecule has 3 aliphatic heterocycles. The van der Waals surface area contributed by atoms with E-state index in [2.05, 4.69) is 9.88 Å². The second-order valence-corrected chi connectivity index (χ2v) is 8.29. The summed E-state index contributed by atoms with van der Waals surface area (Å²) in [6.07, 6.45) is 2.95. The highest BCUT2D eigenvalue weighted by molar-refractivity contribution is 5.99. The molecule has 8 nitrogen and oxygen atoms in total. The Labute approximate surface area is 187 Å². The van der Waals surface area contributed by atoms with Gasteiger partial charge in [-0.2, -0.15) is 0 Å². The van der Waals surface area contributed by atoms with Crippen molar-refractivity contribution in [2.75, 3.05) is 57.5 Å². The standard InChI is InChI=1S/C24H27N3O5/c28-23(18-1-3-20-21(15-18)32-14-13-31-20)17-5-7-27(8-6-17)24(29)19-2-4-22(25-16-19)26-9-11-30-12-10-26/h1-4,15-17H,5-14H2. The zero-order valence-corrected chi connectivity index (χ0v) is 18.0. The van der Waals surface area contributed by atoms with E-state index in [1.54, 1.807) is 24.4 Å². The maximum Gasteiger partial charge on any atom is 0.255 e. The Morgan fingerprint density at radius 3 is 2.28 bits per heavy atom. The van der Waals surface area contributed by atoms with Crippen molar-refractivity contribution in [3.05, 3.63) is 47.7 Å². The molecule has 5 rings (SSSR count). The zero-order chi connectivity index (χ0) is 21.9. The number of likely N-dealkylation sites (tertiary alicyclic amines) is 1. The van der Waals surface area contributed by atoms with Crippen LogP contribution in [0.25, 0.3) is 0 Å². The van der Waals surface area contributed by atoms with Gasteiger partial charge in [0.1, 0.15) is 19.0 Å². The number of carbonyl (C=O) groups is 2. The largest absolute Gasteiger partial charge is 0.486 e. The third-order valence-corrected chi connectivity index (χ3v) is 6.31. The van der Waals surface area contributed by atoms with Crippen molar-refractivity contribution in [3.8, 4) is 11.5 Å². The molecule has 2 aromatic rings. The first-order valence-corrected chi connectivity index (χ1v) is 11.2. The lowest BCUT2D eigenvalue weighted by atomic mass is 9.88. The topological polar surface area (TPSA) is 81.2 Å². The number of ketones is 1. The van der Waals surface area contributed by atoms with Gasteiger partial charge in [0.05, 0.1) is 18.8 Å². The van der Waals surface area contributed by atoms with Crippen LogP contribution in [0.4, 0.5) is 5.82 Å². The van der Waals surface area contributed by atoms with Gasteiger partial charge in [0.2, 0.25) is 0 Å². The Morgan fingerprint density at radius 2 is 1.56 bits per heavy atom. The first-order valence-electron chi connectivity index (χ1n) is 11.2. The number of nitrogens with zero attached hydrogens (tertiary/aromatic N) is 3. The fraction of sp³-hybridized carbons (Fsp3) is 0.458. The number of amides is 1. The minimum Gasteiger partial charge on any atom is -0.486 e. The van der Waals surface area contributed by atoms with Gasteiger partial charge in [0.15, 0.2) is 17.3 Å². The van der Waals surface area contributed by atoms with Crippen molar-refractivity contribution in [2.45, 2.75) is 12.8 Å². The van der Waals surface area contributed by atoms with Crippen molar-refractivity contribution in [1.29, 1.82) is 0 Å².